The van der Waals surface area contributed by atoms with Crippen LogP contribution in [0.15, 0.2) is 16.9 Å². The van der Waals surface area contributed by atoms with E-state index in [2.05, 4.69) is 5.10 Å². The lowest BCUT2D eigenvalue weighted by atomic mass is 10.3. The van der Waals surface area contributed by atoms with E-state index in [-0.39, 0.29) is 4.68 Å². The lowest BCUT2D eigenvalue weighted by Gasteiger charge is -2.11. The Bertz CT molecular complexity index is 466. The Hall–Kier alpha value is -1.86. The van der Waals surface area contributed by atoms with Gasteiger partial charge in [-0.05, 0) is 13.0 Å². The molecule has 1 atom stereocenters. The molecule has 1 heterocycles. The van der Waals surface area contributed by atoms with Crippen LogP contribution in [0.2, 0.25) is 0 Å². The van der Waals surface area contributed by atoms with E-state index < -0.39 is 29.4 Å². The number of halogens is 3. The first kappa shape index (κ1) is 12.2. The molecule has 0 unspecified atom stereocenters. The molecule has 1 aromatic heterocycles. The molecule has 0 saturated carbocycles. The van der Waals surface area contributed by atoms with Gasteiger partial charge in [-0.3, -0.25) is 4.79 Å². The van der Waals surface area contributed by atoms with Crippen molar-refractivity contribution in [3.05, 3.63) is 28.2 Å². The van der Waals surface area contributed by atoms with Gasteiger partial charge in [0.2, 0.25) is 0 Å². The number of nitrogens with zero attached hydrogens (tertiary/aromatic N) is 2. The Morgan fingerprint density at radius 3 is 2.50 bits per heavy atom. The number of aromatic nitrogens is 2. The third-order valence-corrected chi connectivity index (χ3v) is 1.84. The molecule has 1 N–H and O–H groups in total. The number of carbonyl (C=O) groups is 1. The highest BCUT2D eigenvalue weighted by atomic mass is 19.4. The summed E-state index contributed by atoms with van der Waals surface area (Å²) < 4.78 is 37.0. The minimum atomic E-state index is -4.71. The van der Waals surface area contributed by atoms with Crippen LogP contribution in [-0.4, -0.2) is 20.9 Å². The average Bonchev–Trinajstić information content (AvgIpc) is 2.15. The lowest BCUT2D eigenvalue weighted by molar-refractivity contribution is -0.145. The molecular weight excluding hydrogens is 229 g/mol. The first-order valence-corrected chi connectivity index (χ1v) is 4.13. The van der Waals surface area contributed by atoms with Crippen LogP contribution in [0.1, 0.15) is 18.7 Å². The van der Waals surface area contributed by atoms with E-state index in [9.17, 15) is 22.8 Å². The van der Waals surface area contributed by atoms with Crippen LogP contribution in [0.25, 0.3) is 0 Å². The van der Waals surface area contributed by atoms with Crippen LogP contribution in [0.3, 0.4) is 0 Å². The number of alkyl halides is 3. The topological polar surface area (TPSA) is 72.2 Å². The van der Waals surface area contributed by atoms with Gasteiger partial charge in [0, 0.05) is 6.07 Å². The molecule has 1 rings (SSSR count). The highest BCUT2D eigenvalue weighted by Gasteiger charge is 2.34. The zero-order chi connectivity index (χ0) is 12.5. The van der Waals surface area contributed by atoms with Gasteiger partial charge in [-0.2, -0.15) is 18.3 Å². The van der Waals surface area contributed by atoms with Crippen molar-refractivity contribution >= 4 is 5.97 Å². The molecule has 0 aliphatic rings. The third-order valence-electron chi connectivity index (χ3n) is 1.84. The van der Waals surface area contributed by atoms with Gasteiger partial charge in [0.15, 0.2) is 11.7 Å². The molecule has 0 aliphatic heterocycles. The maximum absolute atomic E-state index is 12.2. The molecular formula is C8H7F3N2O3. The summed E-state index contributed by atoms with van der Waals surface area (Å²) in [4.78, 5) is 21.6. The van der Waals surface area contributed by atoms with Crippen LogP contribution in [-0.2, 0) is 11.0 Å². The number of carboxylic acids is 1. The monoisotopic (exact) mass is 236 g/mol. The summed E-state index contributed by atoms with van der Waals surface area (Å²) in [5.41, 5.74) is -2.21. The van der Waals surface area contributed by atoms with Gasteiger partial charge in [0.05, 0.1) is 0 Å². The van der Waals surface area contributed by atoms with Gasteiger partial charge in [0.1, 0.15) is 0 Å². The molecule has 0 fully saturated rings. The summed E-state index contributed by atoms with van der Waals surface area (Å²) in [7, 11) is 0. The summed E-state index contributed by atoms with van der Waals surface area (Å²) in [5, 5.41) is 11.5. The van der Waals surface area contributed by atoms with Crippen LogP contribution >= 0.6 is 0 Å². The lowest BCUT2D eigenvalue weighted by Crippen LogP contribution is -2.31. The van der Waals surface area contributed by atoms with Gasteiger partial charge in [-0.25, -0.2) is 9.48 Å². The quantitative estimate of drug-likeness (QED) is 0.828. The second-order valence-electron chi connectivity index (χ2n) is 3.01. The van der Waals surface area contributed by atoms with Gasteiger partial charge in [-0.15, -0.1) is 0 Å². The Morgan fingerprint density at radius 1 is 1.50 bits per heavy atom. The van der Waals surface area contributed by atoms with Crippen molar-refractivity contribution in [1.82, 2.24) is 9.78 Å². The Morgan fingerprint density at radius 2 is 2.06 bits per heavy atom. The van der Waals surface area contributed by atoms with Crippen molar-refractivity contribution in [2.24, 2.45) is 0 Å². The SMILES string of the molecule is C[C@H](C(=O)O)n1nc(C(F)(F)F)ccc1=O. The average molecular weight is 236 g/mol. The highest BCUT2D eigenvalue weighted by Crippen LogP contribution is 2.26. The Kier molecular flexibility index (Phi) is 3.02. The van der Waals surface area contributed by atoms with Crippen LogP contribution < -0.4 is 5.56 Å². The second kappa shape index (κ2) is 3.95. The number of rotatable bonds is 2. The summed E-state index contributed by atoms with van der Waals surface area (Å²) in [6, 6.07) is -0.308. The Balaban J connectivity index is 3.30. The molecule has 0 aliphatic carbocycles. The van der Waals surface area contributed by atoms with Crippen LogP contribution in [0, 0.1) is 0 Å². The summed E-state index contributed by atoms with van der Waals surface area (Å²) >= 11 is 0. The van der Waals surface area contributed by atoms with Crippen molar-refractivity contribution in [2.45, 2.75) is 19.1 Å². The number of aliphatic carboxylic acids is 1. The predicted octanol–water partition coefficient (Wildman–Crippen LogP) is 0.908. The molecule has 88 valence electrons. The number of hydrogen-bond donors (Lipinski definition) is 1. The minimum Gasteiger partial charge on any atom is -0.480 e. The number of hydrogen-bond acceptors (Lipinski definition) is 3. The van der Waals surface area contributed by atoms with Crippen molar-refractivity contribution < 1.29 is 23.1 Å². The molecule has 0 saturated heterocycles. The summed E-state index contributed by atoms with van der Waals surface area (Å²) in [6.45, 7) is 1.07. The van der Waals surface area contributed by atoms with Crippen molar-refractivity contribution in [3.8, 4) is 0 Å². The minimum absolute atomic E-state index is 0.283. The molecule has 0 radical (unpaired) electrons. The van der Waals surface area contributed by atoms with Crippen LogP contribution in [0.5, 0.6) is 0 Å². The Labute approximate surface area is 87.1 Å². The number of carboxylic acid groups (broad SMARTS) is 1. The van der Waals surface area contributed by atoms with Crippen molar-refractivity contribution in [3.63, 3.8) is 0 Å². The molecule has 5 nitrogen and oxygen atoms in total. The fraction of sp³-hybridized carbons (Fsp3) is 0.375. The van der Waals surface area contributed by atoms with Crippen molar-refractivity contribution in [2.75, 3.05) is 0 Å². The first-order valence-electron chi connectivity index (χ1n) is 4.13. The van der Waals surface area contributed by atoms with Crippen LogP contribution in [0.4, 0.5) is 13.2 Å². The van der Waals surface area contributed by atoms with Gasteiger partial charge >= 0.3 is 12.1 Å². The third kappa shape index (κ3) is 2.38. The molecule has 0 aromatic carbocycles. The van der Waals surface area contributed by atoms with E-state index >= 15 is 0 Å². The maximum atomic E-state index is 12.2. The zero-order valence-corrected chi connectivity index (χ0v) is 8.02. The summed E-state index contributed by atoms with van der Waals surface area (Å²) in [5.74, 6) is -1.44. The highest BCUT2D eigenvalue weighted by molar-refractivity contribution is 5.71. The fourth-order valence-electron chi connectivity index (χ4n) is 0.959. The molecule has 0 amide bonds. The largest absolute Gasteiger partial charge is 0.480 e. The normalized spacial score (nSPS) is 13.5. The van der Waals surface area contributed by atoms with E-state index in [0.717, 1.165) is 6.92 Å². The molecule has 16 heavy (non-hydrogen) atoms. The van der Waals surface area contributed by atoms with Crippen molar-refractivity contribution in [1.29, 1.82) is 0 Å². The van der Waals surface area contributed by atoms with E-state index in [4.69, 9.17) is 5.11 Å². The molecule has 0 spiro atoms. The molecule has 0 bridgehead atoms. The van der Waals surface area contributed by atoms with E-state index in [0.29, 0.717) is 12.1 Å². The van der Waals surface area contributed by atoms with E-state index in [1.165, 1.54) is 0 Å². The maximum Gasteiger partial charge on any atom is 0.435 e. The van der Waals surface area contributed by atoms with E-state index in [1.54, 1.807) is 0 Å². The fourth-order valence-corrected chi connectivity index (χ4v) is 0.959. The molecule has 8 heteroatoms. The molecule has 1 aromatic rings. The van der Waals surface area contributed by atoms with Gasteiger partial charge in [0.25, 0.3) is 5.56 Å². The zero-order valence-electron chi connectivity index (χ0n) is 8.02. The second-order valence-corrected chi connectivity index (χ2v) is 3.01. The predicted molar refractivity (Wildman–Crippen MR) is 45.8 cm³/mol. The standard InChI is InChI=1S/C8H7F3N2O3/c1-4(7(15)16)13-6(14)3-2-5(12-13)8(9,10)11/h2-4H,1H3,(H,15,16)/t4-/m1/s1. The van der Waals surface area contributed by atoms with Gasteiger partial charge in [-0.1, -0.05) is 0 Å². The first-order chi connectivity index (χ1) is 7.23. The summed E-state index contributed by atoms with van der Waals surface area (Å²) in [6.07, 6.45) is -4.71. The van der Waals surface area contributed by atoms with Gasteiger partial charge < -0.3 is 5.11 Å². The smallest absolute Gasteiger partial charge is 0.435 e. The van der Waals surface area contributed by atoms with E-state index in [1.807, 2.05) is 0 Å².